The van der Waals surface area contributed by atoms with Crippen molar-refractivity contribution in [2.24, 2.45) is 0 Å². The standard InChI is InChI=1S/C19H16BrN3O2/c1-3-25-18-10-14(20)12(9-17(18)24-2)8-13(11-21)19-22-15-6-4-5-7-16(15)23-19/h4-10H,3H2,1-2H3,(H,22,23)/b13-8-. The quantitative estimate of drug-likeness (QED) is 0.627. The van der Waals surface area contributed by atoms with E-state index in [-0.39, 0.29) is 0 Å². The molecule has 1 aromatic heterocycles. The van der Waals surface area contributed by atoms with Crippen molar-refractivity contribution in [1.29, 1.82) is 5.26 Å². The summed E-state index contributed by atoms with van der Waals surface area (Å²) in [4.78, 5) is 7.66. The van der Waals surface area contributed by atoms with E-state index in [2.05, 4.69) is 32.0 Å². The van der Waals surface area contributed by atoms with Crippen molar-refractivity contribution in [2.75, 3.05) is 13.7 Å². The second-order valence-electron chi connectivity index (χ2n) is 5.23. The number of H-pyrrole nitrogens is 1. The number of nitrogens with one attached hydrogen (secondary N) is 1. The van der Waals surface area contributed by atoms with Crippen LogP contribution in [0.5, 0.6) is 11.5 Å². The van der Waals surface area contributed by atoms with Crippen LogP contribution >= 0.6 is 15.9 Å². The van der Waals surface area contributed by atoms with Crippen molar-refractivity contribution in [1.82, 2.24) is 9.97 Å². The van der Waals surface area contributed by atoms with E-state index in [1.165, 1.54) is 0 Å². The van der Waals surface area contributed by atoms with Gasteiger partial charge in [-0.15, -0.1) is 0 Å². The number of allylic oxidation sites excluding steroid dienone is 1. The fraction of sp³-hybridized carbons (Fsp3) is 0.158. The maximum Gasteiger partial charge on any atom is 0.162 e. The fourth-order valence-corrected chi connectivity index (χ4v) is 2.92. The first-order valence-corrected chi connectivity index (χ1v) is 8.52. The molecule has 0 radical (unpaired) electrons. The number of halogens is 1. The van der Waals surface area contributed by atoms with Crippen LogP contribution in [0, 0.1) is 11.3 Å². The molecule has 5 nitrogen and oxygen atoms in total. The summed E-state index contributed by atoms with van der Waals surface area (Å²) in [7, 11) is 1.59. The average Bonchev–Trinajstić information content (AvgIpc) is 3.05. The molecule has 0 aliphatic rings. The number of ether oxygens (including phenoxy) is 2. The monoisotopic (exact) mass is 397 g/mol. The van der Waals surface area contributed by atoms with E-state index in [1.807, 2.05) is 43.3 Å². The average molecular weight is 398 g/mol. The number of fused-ring (bicyclic) bond motifs is 1. The van der Waals surface area contributed by atoms with Crippen LogP contribution in [0.3, 0.4) is 0 Å². The molecule has 0 amide bonds. The first kappa shape index (κ1) is 17.1. The zero-order chi connectivity index (χ0) is 17.8. The van der Waals surface area contributed by atoms with Gasteiger partial charge in [0.15, 0.2) is 11.5 Å². The van der Waals surface area contributed by atoms with Crippen LogP contribution in [-0.2, 0) is 0 Å². The summed E-state index contributed by atoms with van der Waals surface area (Å²) in [6.45, 7) is 2.46. The Morgan fingerprint density at radius 1 is 1.32 bits per heavy atom. The molecule has 1 heterocycles. The van der Waals surface area contributed by atoms with Gasteiger partial charge in [0.25, 0.3) is 0 Å². The number of nitriles is 1. The SMILES string of the molecule is CCOc1cc(Br)c(/C=C(/C#N)c2nc3ccccc3[nH]2)cc1OC. The molecule has 0 spiro atoms. The number of benzene rings is 2. The van der Waals surface area contributed by atoms with Crippen LogP contribution in [0.1, 0.15) is 18.3 Å². The summed E-state index contributed by atoms with van der Waals surface area (Å²) in [6, 6.07) is 13.5. The van der Waals surface area contributed by atoms with Crippen molar-refractivity contribution in [3.8, 4) is 17.6 Å². The van der Waals surface area contributed by atoms with Crippen molar-refractivity contribution < 1.29 is 9.47 Å². The largest absolute Gasteiger partial charge is 0.493 e. The summed E-state index contributed by atoms with van der Waals surface area (Å²) >= 11 is 3.53. The van der Waals surface area contributed by atoms with Crippen LogP contribution < -0.4 is 9.47 Å². The molecule has 3 rings (SSSR count). The molecule has 0 bridgehead atoms. The maximum atomic E-state index is 9.57. The predicted molar refractivity (Wildman–Crippen MR) is 101 cm³/mol. The van der Waals surface area contributed by atoms with E-state index in [9.17, 15) is 5.26 Å². The van der Waals surface area contributed by atoms with Crippen LogP contribution in [0.15, 0.2) is 40.9 Å². The topological polar surface area (TPSA) is 70.9 Å². The number of aromatic amines is 1. The Morgan fingerprint density at radius 2 is 2.12 bits per heavy atom. The summed E-state index contributed by atoms with van der Waals surface area (Å²) in [5.74, 6) is 1.79. The van der Waals surface area contributed by atoms with Crippen LogP contribution in [-0.4, -0.2) is 23.7 Å². The number of hydrogen-bond donors (Lipinski definition) is 1. The summed E-state index contributed by atoms with van der Waals surface area (Å²) in [5.41, 5.74) is 2.95. The summed E-state index contributed by atoms with van der Waals surface area (Å²) < 4.78 is 11.7. The Hall–Kier alpha value is -2.78. The normalized spacial score (nSPS) is 11.4. The smallest absolute Gasteiger partial charge is 0.162 e. The fourth-order valence-electron chi connectivity index (χ4n) is 2.48. The summed E-state index contributed by atoms with van der Waals surface area (Å²) in [6.07, 6.45) is 1.76. The molecule has 0 saturated carbocycles. The Bertz CT molecular complexity index is 953. The number of methoxy groups -OCH3 is 1. The number of aromatic nitrogens is 2. The molecule has 0 saturated heterocycles. The lowest BCUT2D eigenvalue weighted by molar-refractivity contribution is 0.310. The lowest BCUT2D eigenvalue weighted by atomic mass is 10.1. The lowest BCUT2D eigenvalue weighted by Gasteiger charge is -2.11. The number of imidazole rings is 1. The zero-order valence-corrected chi connectivity index (χ0v) is 15.4. The highest BCUT2D eigenvalue weighted by Gasteiger charge is 2.12. The molecular formula is C19H16BrN3O2. The minimum Gasteiger partial charge on any atom is -0.493 e. The second kappa shape index (κ2) is 7.41. The third kappa shape index (κ3) is 3.52. The lowest BCUT2D eigenvalue weighted by Crippen LogP contribution is -1.96. The predicted octanol–water partition coefficient (Wildman–Crippen LogP) is 4.80. The molecule has 25 heavy (non-hydrogen) atoms. The molecule has 0 aliphatic heterocycles. The number of para-hydroxylation sites is 2. The van der Waals surface area contributed by atoms with E-state index in [1.54, 1.807) is 13.2 Å². The number of rotatable bonds is 5. The van der Waals surface area contributed by atoms with Gasteiger partial charge in [-0.2, -0.15) is 5.26 Å². The van der Waals surface area contributed by atoms with Gasteiger partial charge in [-0.25, -0.2) is 4.98 Å². The second-order valence-corrected chi connectivity index (χ2v) is 6.08. The van der Waals surface area contributed by atoms with E-state index >= 15 is 0 Å². The molecule has 1 N–H and O–H groups in total. The van der Waals surface area contributed by atoms with Crippen LogP contribution in [0.4, 0.5) is 0 Å². The molecule has 6 heteroatoms. The van der Waals surface area contributed by atoms with Gasteiger partial charge in [-0.3, -0.25) is 0 Å². The Labute approximate surface area is 154 Å². The van der Waals surface area contributed by atoms with Gasteiger partial charge >= 0.3 is 0 Å². The maximum absolute atomic E-state index is 9.57. The van der Waals surface area contributed by atoms with Gasteiger partial charge in [0.2, 0.25) is 0 Å². The third-order valence-electron chi connectivity index (χ3n) is 3.65. The number of hydrogen-bond acceptors (Lipinski definition) is 4. The highest BCUT2D eigenvalue weighted by molar-refractivity contribution is 9.10. The molecular weight excluding hydrogens is 382 g/mol. The van der Waals surface area contributed by atoms with Gasteiger partial charge in [0.1, 0.15) is 11.9 Å². The van der Waals surface area contributed by atoms with E-state index in [4.69, 9.17) is 9.47 Å². The molecule has 0 atom stereocenters. The minimum absolute atomic E-state index is 0.433. The van der Waals surface area contributed by atoms with Gasteiger partial charge < -0.3 is 14.5 Å². The van der Waals surface area contributed by atoms with E-state index < -0.39 is 0 Å². The van der Waals surface area contributed by atoms with Gasteiger partial charge in [0, 0.05) is 4.47 Å². The van der Waals surface area contributed by atoms with Gasteiger partial charge in [-0.1, -0.05) is 28.1 Å². The molecule has 0 fully saturated rings. The van der Waals surface area contributed by atoms with Crippen molar-refractivity contribution >= 4 is 38.6 Å². The minimum atomic E-state index is 0.433. The first-order chi connectivity index (χ1) is 12.2. The molecule has 0 aliphatic carbocycles. The Balaban J connectivity index is 2.06. The van der Waals surface area contributed by atoms with Crippen molar-refractivity contribution in [2.45, 2.75) is 6.92 Å². The zero-order valence-electron chi connectivity index (χ0n) is 13.8. The summed E-state index contributed by atoms with van der Waals surface area (Å²) in [5, 5.41) is 9.57. The molecule has 0 unspecified atom stereocenters. The van der Waals surface area contributed by atoms with Gasteiger partial charge in [-0.05, 0) is 42.8 Å². The third-order valence-corrected chi connectivity index (χ3v) is 4.33. The first-order valence-electron chi connectivity index (χ1n) is 7.73. The van der Waals surface area contributed by atoms with E-state index in [0.29, 0.717) is 29.5 Å². The Morgan fingerprint density at radius 3 is 2.80 bits per heavy atom. The highest BCUT2D eigenvalue weighted by atomic mass is 79.9. The number of nitrogens with zero attached hydrogens (tertiary/aromatic N) is 2. The van der Waals surface area contributed by atoms with Crippen LogP contribution in [0.2, 0.25) is 0 Å². The highest BCUT2D eigenvalue weighted by Crippen LogP contribution is 2.35. The van der Waals surface area contributed by atoms with E-state index in [0.717, 1.165) is 21.1 Å². The molecule has 3 aromatic rings. The molecule has 2 aromatic carbocycles. The van der Waals surface area contributed by atoms with Crippen LogP contribution in [0.25, 0.3) is 22.7 Å². The molecule has 126 valence electrons. The van der Waals surface area contributed by atoms with Crippen molar-refractivity contribution in [3.63, 3.8) is 0 Å². The Kier molecular flexibility index (Phi) is 5.05. The van der Waals surface area contributed by atoms with Gasteiger partial charge in [0.05, 0.1) is 30.3 Å². The van der Waals surface area contributed by atoms with Crippen molar-refractivity contribution in [3.05, 3.63) is 52.3 Å².